The van der Waals surface area contributed by atoms with Crippen molar-refractivity contribution in [3.05, 3.63) is 69.3 Å². The van der Waals surface area contributed by atoms with Gasteiger partial charge in [-0.05, 0) is 72.9 Å². The Bertz CT molecular complexity index is 809. The normalized spacial score (nSPS) is 24.8. The molecular formula is C24H30O3. The van der Waals surface area contributed by atoms with E-state index in [0.29, 0.717) is 12.8 Å². The first-order chi connectivity index (χ1) is 13.0. The van der Waals surface area contributed by atoms with Crippen molar-refractivity contribution in [1.29, 1.82) is 0 Å². The summed E-state index contributed by atoms with van der Waals surface area (Å²) in [5.41, 5.74) is 9.55. The second kappa shape index (κ2) is 7.75. The van der Waals surface area contributed by atoms with Gasteiger partial charge in [0.2, 0.25) is 0 Å². The van der Waals surface area contributed by atoms with Crippen molar-refractivity contribution in [3.8, 4) is 0 Å². The van der Waals surface area contributed by atoms with Crippen LogP contribution in [-0.2, 0) is 24.0 Å². The molecule has 2 N–H and O–H groups in total. The van der Waals surface area contributed by atoms with Gasteiger partial charge >= 0.3 is 0 Å². The number of ether oxygens (including phenoxy) is 1. The molecule has 2 aromatic rings. The summed E-state index contributed by atoms with van der Waals surface area (Å²) in [4.78, 5) is 0. The zero-order valence-corrected chi connectivity index (χ0v) is 16.4. The highest BCUT2D eigenvalue weighted by atomic mass is 16.5. The van der Waals surface area contributed by atoms with Crippen LogP contribution in [-0.4, -0.2) is 29.0 Å². The Balaban J connectivity index is 1.71. The molecule has 0 saturated carbocycles. The topological polar surface area (TPSA) is 49.7 Å². The zero-order chi connectivity index (χ0) is 19.0. The summed E-state index contributed by atoms with van der Waals surface area (Å²) in [5, 5.41) is 19.8. The molecule has 3 heteroatoms. The highest BCUT2D eigenvalue weighted by Gasteiger charge is 2.31. The number of benzene rings is 2. The lowest BCUT2D eigenvalue weighted by molar-refractivity contribution is -0.114. The molecule has 0 radical (unpaired) electrons. The minimum absolute atomic E-state index is 0.0340. The van der Waals surface area contributed by atoms with Crippen LogP contribution in [0.2, 0.25) is 0 Å². The molecule has 1 aliphatic heterocycles. The van der Waals surface area contributed by atoms with Crippen LogP contribution >= 0.6 is 0 Å². The van der Waals surface area contributed by atoms with Crippen molar-refractivity contribution < 1.29 is 14.9 Å². The molecule has 27 heavy (non-hydrogen) atoms. The summed E-state index contributed by atoms with van der Waals surface area (Å²) >= 11 is 0. The summed E-state index contributed by atoms with van der Waals surface area (Å²) in [6.45, 7) is 4.29. The minimum atomic E-state index is -0.408. The Morgan fingerprint density at radius 2 is 1.78 bits per heavy atom. The van der Waals surface area contributed by atoms with E-state index in [-0.39, 0.29) is 18.8 Å². The van der Waals surface area contributed by atoms with Gasteiger partial charge in [0.05, 0.1) is 24.9 Å². The number of hydrogen-bond donors (Lipinski definition) is 2. The maximum atomic E-state index is 10.3. The van der Waals surface area contributed by atoms with E-state index >= 15 is 0 Å². The molecule has 0 aromatic heterocycles. The smallest absolute Gasteiger partial charge is 0.0857 e. The molecule has 1 heterocycles. The summed E-state index contributed by atoms with van der Waals surface area (Å²) < 4.78 is 6.14. The number of hydrogen-bond acceptors (Lipinski definition) is 3. The van der Waals surface area contributed by atoms with Crippen molar-refractivity contribution in [2.45, 2.75) is 70.7 Å². The van der Waals surface area contributed by atoms with Gasteiger partial charge in [-0.1, -0.05) is 35.9 Å². The fourth-order valence-corrected chi connectivity index (χ4v) is 4.80. The van der Waals surface area contributed by atoms with Gasteiger partial charge in [-0.15, -0.1) is 0 Å². The quantitative estimate of drug-likeness (QED) is 0.861. The number of aryl methyl sites for hydroxylation is 1. The van der Waals surface area contributed by atoms with E-state index in [1.807, 2.05) is 0 Å². The van der Waals surface area contributed by atoms with Crippen LogP contribution in [0.4, 0.5) is 0 Å². The molecule has 0 unspecified atom stereocenters. The largest absolute Gasteiger partial charge is 0.394 e. The summed E-state index contributed by atoms with van der Waals surface area (Å²) in [6.07, 6.45) is 4.77. The number of aliphatic hydroxyl groups excluding tert-OH is 2. The fourth-order valence-electron chi connectivity index (χ4n) is 4.80. The molecule has 0 amide bonds. The number of rotatable bonds is 4. The monoisotopic (exact) mass is 366 g/mol. The molecule has 2 aliphatic rings. The lowest BCUT2D eigenvalue weighted by atomic mass is 9.86. The Hall–Kier alpha value is -1.68. The lowest BCUT2D eigenvalue weighted by Crippen LogP contribution is -2.34. The molecule has 4 rings (SSSR count). The molecule has 3 nitrogen and oxygen atoms in total. The van der Waals surface area contributed by atoms with E-state index in [0.717, 1.165) is 19.3 Å². The van der Waals surface area contributed by atoms with Crippen LogP contribution in [0.15, 0.2) is 30.3 Å². The van der Waals surface area contributed by atoms with Crippen molar-refractivity contribution in [3.63, 3.8) is 0 Å². The van der Waals surface area contributed by atoms with Crippen molar-refractivity contribution in [2.24, 2.45) is 0 Å². The van der Waals surface area contributed by atoms with Crippen LogP contribution in [0.5, 0.6) is 0 Å². The standard InChI is InChI=1S/C24H30O3/c1-15-6-8-17(9-7-15)10-18-11-23(16(2)21-4-3-5-22(18)21)24-13-19(26)12-20(14-25)27-24/h6-9,11,19-20,24-26H,3-5,10,12-14H2,1-2H3/t19-,20-,24+/m0/s1. The molecule has 3 atom stereocenters. The van der Waals surface area contributed by atoms with E-state index in [4.69, 9.17) is 4.74 Å². The molecule has 0 spiro atoms. The fraction of sp³-hybridized carbons (Fsp3) is 0.500. The van der Waals surface area contributed by atoms with Crippen LogP contribution in [0.1, 0.15) is 64.3 Å². The Kier molecular flexibility index (Phi) is 5.36. The molecular weight excluding hydrogens is 336 g/mol. The van der Waals surface area contributed by atoms with E-state index < -0.39 is 6.10 Å². The highest BCUT2D eigenvalue weighted by Crippen LogP contribution is 2.39. The summed E-state index contributed by atoms with van der Waals surface area (Å²) in [5.74, 6) is 0. The molecule has 1 fully saturated rings. The minimum Gasteiger partial charge on any atom is -0.394 e. The predicted molar refractivity (Wildman–Crippen MR) is 107 cm³/mol. The van der Waals surface area contributed by atoms with Gasteiger partial charge in [-0.3, -0.25) is 0 Å². The number of fused-ring (bicyclic) bond motifs is 1. The van der Waals surface area contributed by atoms with Gasteiger partial charge in [-0.25, -0.2) is 0 Å². The van der Waals surface area contributed by atoms with Crippen LogP contribution in [0.3, 0.4) is 0 Å². The molecule has 144 valence electrons. The van der Waals surface area contributed by atoms with Gasteiger partial charge < -0.3 is 14.9 Å². The second-order valence-electron chi connectivity index (χ2n) is 8.28. The molecule has 0 bridgehead atoms. The van der Waals surface area contributed by atoms with E-state index in [1.54, 1.807) is 0 Å². The Labute approximate surface area is 162 Å². The lowest BCUT2D eigenvalue weighted by Gasteiger charge is -2.34. The van der Waals surface area contributed by atoms with Gasteiger partial charge in [0, 0.05) is 12.8 Å². The third kappa shape index (κ3) is 3.82. The van der Waals surface area contributed by atoms with Gasteiger partial charge in [0.25, 0.3) is 0 Å². The first-order valence-electron chi connectivity index (χ1n) is 10.2. The first kappa shape index (κ1) is 18.7. The van der Waals surface area contributed by atoms with Gasteiger partial charge in [0.15, 0.2) is 0 Å². The second-order valence-corrected chi connectivity index (χ2v) is 8.28. The average molecular weight is 367 g/mol. The summed E-state index contributed by atoms with van der Waals surface area (Å²) in [7, 11) is 0. The van der Waals surface area contributed by atoms with Crippen LogP contribution in [0.25, 0.3) is 0 Å². The Morgan fingerprint density at radius 3 is 2.52 bits per heavy atom. The third-order valence-electron chi connectivity index (χ3n) is 6.26. The SMILES string of the molecule is Cc1ccc(Cc2cc([C@H]3C[C@@H](O)C[C@@H](CO)O3)c(C)c3c2CCC3)cc1. The van der Waals surface area contributed by atoms with Crippen LogP contribution < -0.4 is 0 Å². The van der Waals surface area contributed by atoms with E-state index in [9.17, 15) is 10.2 Å². The third-order valence-corrected chi connectivity index (χ3v) is 6.26. The maximum absolute atomic E-state index is 10.3. The zero-order valence-electron chi connectivity index (χ0n) is 16.4. The van der Waals surface area contributed by atoms with Crippen molar-refractivity contribution in [2.75, 3.05) is 6.61 Å². The summed E-state index contributed by atoms with van der Waals surface area (Å²) in [6, 6.07) is 11.1. The van der Waals surface area contributed by atoms with Crippen LogP contribution in [0, 0.1) is 13.8 Å². The maximum Gasteiger partial charge on any atom is 0.0857 e. The highest BCUT2D eigenvalue weighted by molar-refractivity contribution is 5.50. The number of aliphatic hydroxyl groups is 2. The predicted octanol–water partition coefficient (Wildman–Crippen LogP) is 3.96. The van der Waals surface area contributed by atoms with Gasteiger partial charge in [0.1, 0.15) is 0 Å². The Morgan fingerprint density at radius 1 is 1.04 bits per heavy atom. The van der Waals surface area contributed by atoms with Crippen molar-refractivity contribution >= 4 is 0 Å². The molecule has 2 aromatic carbocycles. The van der Waals surface area contributed by atoms with E-state index in [1.165, 1.54) is 45.4 Å². The average Bonchev–Trinajstić information content (AvgIpc) is 3.16. The molecule has 1 aliphatic carbocycles. The molecule has 1 saturated heterocycles. The van der Waals surface area contributed by atoms with Gasteiger partial charge in [-0.2, -0.15) is 0 Å². The first-order valence-corrected chi connectivity index (χ1v) is 10.2. The van der Waals surface area contributed by atoms with Crippen molar-refractivity contribution in [1.82, 2.24) is 0 Å². The van der Waals surface area contributed by atoms with E-state index in [2.05, 4.69) is 44.2 Å².